The fourth-order valence-electron chi connectivity index (χ4n) is 2.08. The molecule has 27 heavy (non-hydrogen) atoms. The minimum absolute atomic E-state index is 0.0254. The maximum atomic E-state index is 11.8. The average molecular weight is 386 g/mol. The largest absolute Gasteiger partial charge is 0.452 e. The highest BCUT2D eigenvalue weighted by atomic mass is 35.5. The van der Waals surface area contributed by atoms with Crippen molar-refractivity contribution in [2.75, 3.05) is 0 Å². The number of rotatable bonds is 6. The first kappa shape index (κ1) is 18.3. The molecule has 0 atom stereocenters. The van der Waals surface area contributed by atoms with Crippen LogP contribution in [0, 0.1) is 10.1 Å². The SMILES string of the molecule is O=C(/C=C/c1ccc([N+](=O)[O-])cc1)OCc1nc(-c2ccc(Cl)cc2)no1. The fraction of sp³-hybridized carbons (Fsp3) is 0.0556. The summed E-state index contributed by atoms with van der Waals surface area (Å²) in [6.45, 7) is -0.177. The van der Waals surface area contributed by atoms with Crippen molar-refractivity contribution >= 4 is 29.3 Å². The molecule has 8 nitrogen and oxygen atoms in total. The molecule has 0 saturated heterocycles. The predicted octanol–water partition coefficient (Wildman–Crippen LogP) is 4.05. The lowest BCUT2D eigenvalue weighted by atomic mass is 10.2. The Bertz CT molecular complexity index is 981. The summed E-state index contributed by atoms with van der Waals surface area (Å²) in [5.41, 5.74) is 1.32. The lowest BCUT2D eigenvalue weighted by molar-refractivity contribution is -0.384. The minimum atomic E-state index is -0.611. The van der Waals surface area contributed by atoms with E-state index in [0.717, 1.165) is 5.56 Å². The van der Waals surface area contributed by atoms with Crippen LogP contribution >= 0.6 is 11.6 Å². The second kappa shape index (κ2) is 8.24. The van der Waals surface area contributed by atoms with Crippen LogP contribution in [0.5, 0.6) is 0 Å². The zero-order valence-corrected chi connectivity index (χ0v) is 14.5. The molecule has 0 aliphatic rings. The van der Waals surface area contributed by atoms with Crippen LogP contribution in [0.1, 0.15) is 11.5 Å². The Morgan fingerprint density at radius 2 is 1.89 bits per heavy atom. The molecule has 0 spiro atoms. The molecule has 0 N–H and O–H groups in total. The monoisotopic (exact) mass is 385 g/mol. The predicted molar refractivity (Wildman–Crippen MR) is 96.7 cm³/mol. The topological polar surface area (TPSA) is 108 Å². The molecule has 0 amide bonds. The molecule has 9 heteroatoms. The van der Waals surface area contributed by atoms with Gasteiger partial charge in [-0.3, -0.25) is 10.1 Å². The summed E-state index contributed by atoms with van der Waals surface area (Å²) in [4.78, 5) is 26.0. The standard InChI is InChI=1S/C18H12ClN3O5/c19-14-6-4-13(5-7-14)18-20-16(27-21-18)11-26-17(23)10-3-12-1-8-15(9-2-12)22(24)25/h1-10H,11H2/b10-3+. The lowest BCUT2D eigenvalue weighted by Gasteiger charge is -1.97. The molecule has 0 aliphatic carbocycles. The summed E-state index contributed by atoms with van der Waals surface area (Å²) in [6.07, 6.45) is 2.69. The summed E-state index contributed by atoms with van der Waals surface area (Å²) in [5, 5.41) is 15.0. The number of nitro groups is 1. The number of hydrogen-bond donors (Lipinski definition) is 0. The van der Waals surface area contributed by atoms with Gasteiger partial charge >= 0.3 is 5.97 Å². The zero-order valence-electron chi connectivity index (χ0n) is 13.7. The highest BCUT2D eigenvalue weighted by Crippen LogP contribution is 2.19. The Balaban J connectivity index is 1.54. The fourth-order valence-corrected chi connectivity index (χ4v) is 2.21. The first-order chi connectivity index (χ1) is 13.0. The number of ether oxygens (including phenoxy) is 1. The third kappa shape index (κ3) is 4.99. The molecule has 0 bridgehead atoms. The van der Waals surface area contributed by atoms with E-state index in [4.69, 9.17) is 20.9 Å². The molecular formula is C18H12ClN3O5. The smallest absolute Gasteiger partial charge is 0.331 e. The first-order valence-electron chi connectivity index (χ1n) is 7.69. The first-order valence-corrected chi connectivity index (χ1v) is 8.07. The number of nitrogens with zero attached hydrogens (tertiary/aromatic N) is 3. The zero-order chi connectivity index (χ0) is 19.2. The molecule has 0 radical (unpaired) electrons. The molecule has 0 saturated carbocycles. The van der Waals surface area contributed by atoms with E-state index in [1.54, 1.807) is 24.3 Å². The van der Waals surface area contributed by atoms with Gasteiger partial charge in [-0.25, -0.2) is 4.79 Å². The van der Waals surface area contributed by atoms with E-state index in [0.29, 0.717) is 16.4 Å². The molecule has 136 valence electrons. The molecule has 2 aromatic carbocycles. The van der Waals surface area contributed by atoms with Crippen molar-refractivity contribution in [1.29, 1.82) is 0 Å². The number of benzene rings is 2. The summed E-state index contributed by atoms with van der Waals surface area (Å²) in [6, 6.07) is 12.7. The Morgan fingerprint density at radius 3 is 2.56 bits per heavy atom. The van der Waals surface area contributed by atoms with E-state index >= 15 is 0 Å². The maximum Gasteiger partial charge on any atom is 0.331 e. The van der Waals surface area contributed by atoms with Crippen molar-refractivity contribution in [2.24, 2.45) is 0 Å². The van der Waals surface area contributed by atoms with Gasteiger partial charge in [0.2, 0.25) is 5.82 Å². The van der Waals surface area contributed by atoms with Gasteiger partial charge < -0.3 is 9.26 Å². The van der Waals surface area contributed by atoms with Crippen LogP contribution in [0.25, 0.3) is 17.5 Å². The van der Waals surface area contributed by atoms with Gasteiger partial charge in [0.1, 0.15) is 0 Å². The van der Waals surface area contributed by atoms with Crippen LogP contribution in [-0.2, 0) is 16.1 Å². The van der Waals surface area contributed by atoms with Crippen LogP contribution in [0.15, 0.2) is 59.1 Å². The Hall–Kier alpha value is -3.52. The van der Waals surface area contributed by atoms with Gasteiger partial charge in [-0.15, -0.1) is 0 Å². The summed E-state index contributed by atoms with van der Waals surface area (Å²) in [5.74, 6) is -0.101. The summed E-state index contributed by atoms with van der Waals surface area (Å²) < 4.78 is 10.1. The molecule has 0 aliphatic heterocycles. The van der Waals surface area contributed by atoms with Gasteiger partial charge in [0.15, 0.2) is 6.61 Å². The average Bonchev–Trinajstić information content (AvgIpc) is 3.14. The van der Waals surface area contributed by atoms with Crippen LogP contribution in [-0.4, -0.2) is 21.0 Å². The Morgan fingerprint density at radius 1 is 1.19 bits per heavy atom. The number of carbonyl (C=O) groups is 1. The van der Waals surface area contributed by atoms with Gasteiger partial charge in [-0.05, 0) is 48.0 Å². The lowest BCUT2D eigenvalue weighted by Crippen LogP contribution is -2.01. The van der Waals surface area contributed by atoms with Crippen molar-refractivity contribution < 1.29 is 19.0 Å². The highest BCUT2D eigenvalue weighted by Gasteiger charge is 2.10. The van der Waals surface area contributed by atoms with Crippen molar-refractivity contribution in [3.63, 3.8) is 0 Å². The van der Waals surface area contributed by atoms with Crippen molar-refractivity contribution in [2.45, 2.75) is 6.61 Å². The third-order valence-corrected chi connectivity index (χ3v) is 3.68. The Kier molecular flexibility index (Phi) is 5.58. The molecule has 3 rings (SSSR count). The number of aromatic nitrogens is 2. The number of hydrogen-bond acceptors (Lipinski definition) is 7. The van der Waals surface area contributed by atoms with E-state index in [9.17, 15) is 14.9 Å². The van der Waals surface area contributed by atoms with E-state index in [1.165, 1.54) is 36.4 Å². The molecule has 0 fully saturated rings. The number of non-ortho nitro benzene ring substituents is 1. The second-order valence-corrected chi connectivity index (χ2v) is 5.74. The molecule has 0 unspecified atom stereocenters. The third-order valence-electron chi connectivity index (χ3n) is 3.42. The highest BCUT2D eigenvalue weighted by molar-refractivity contribution is 6.30. The van der Waals surface area contributed by atoms with Crippen molar-refractivity contribution in [1.82, 2.24) is 10.1 Å². The quantitative estimate of drug-likeness (QED) is 0.272. The molecule has 1 aromatic heterocycles. The maximum absolute atomic E-state index is 11.8. The number of esters is 1. The minimum Gasteiger partial charge on any atom is -0.452 e. The van der Waals surface area contributed by atoms with Gasteiger partial charge in [-0.1, -0.05) is 16.8 Å². The summed E-state index contributed by atoms with van der Waals surface area (Å²) in [7, 11) is 0. The van der Waals surface area contributed by atoms with Gasteiger partial charge in [0, 0.05) is 28.8 Å². The number of halogens is 1. The number of nitro benzene ring substituents is 1. The van der Waals surface area contributed by atoms with Crippen LogP contribution in [0.4, 0.5) is 5.69 Å². The van der Waals surface area contributed by atoms with Crippen LogP contribution < -0.4 is 0 Å². The van der Waals surface area contributed by atoms with E-state index in [-0.39, 0.29) is 18.2 Å². The van der Waals surface area contributed by atoms with E-state index in [1.807, 2.05) is 0 Å². The molecular weight excluding hydrogens is 374 g/mol. The Labute approximate surface area is 158 Å². The number of carbonyl (C=O) groups excluding carboxylic acids is 1. The normalized spacial score (nSPS) is 10.9. The van der Waals surface area contributed by atoms with E-state index < -0.39 is 10.9 Å². The van der Waals surface area contributed by atoms with Gasteiger partial charge in [0.05, 0.1) is 4.92 Å². The molecule has 3 aromatic rings. The van der Waals surface area contributed by atoms with Crippen LogP contribution in [0.3, 0.4) is 0 Å². The second-order valence-electron chi connectivity index (χ2n) is 5.31. The van der Waals surface area contributed by atoms with E-state index in [2.05, 4.69) is 10.1 Å². The van der Waals surface area contributed by atoms with Gasteiger partial charge in [-0.2, -0.15) is 4.98 Å². The summed E-state index contributed by atoms with van der Waals surface area (Å²) >= 11 is 5.83. The molecule has 1 heterocycles. The van der Waals surface area contributed by atoms with Crippen molar-refractivity contribution in [3.05, 3.63) is 81.2 Å². The van der Waals surface area contributed by atoms with Crippen LogP contribution in [0.2, 0.25) is 5.02 Å². The van der Waals surface area contributed by atoms with Crippen molar-refractivity contribution in [3.8, 4) is 11.4 Å². The van der Waals surface area contributed by atoms with Gasteiger partial charge in [0.25, 0.3) is 11.6 Å².